The summed E-state index contributed by atoms with van der Waals surface area (Å²) in [5.41, 5.74) is 0.668. The van der Waals surface area contributed by atoms with Crippen molar-refractivity contribution in [3.05, 3.63) is 32.4 Å². The van der Waals surface area contributed by atoms with E-state index in [0.29, 0.717) is 41.9 Å². The number of H-pyrrole nitrogens is 1. The molecule has 0 spiro atoms. The molecule has 35 heavy (non-hydrogen) atoms. The van der Waals surface area contributed by atoms with Crippen molar-refractivity contribution in [3.8, 4) is 6.01 Å². The first-order valence-electron chi connectivity index (χ1n) is 13.3. The number of hydrogen-bond donors (Lipinski definition) is 1. The molecular weight excluding hydrogens is 446 g/mol. The molecule has 8 nitrogen and oxygen atoms in total. The van der Waals surface area contributed by atoms with Gasteiger partial charge < -0.3 is 9.25 Å². The predicted octanol–water partition coefficient (Wildman–Crippen LogP) is 5.46. The van der Waals surface area contributed by atoms with Crippen molar-refractivity contribution in [3.63, 3.8) is 0 Å². The number of aromatic nitrogens is 2. The van der Waals surface area contributed by atoms with Gasteiger partial charge in [-0.15, -0.1) is 0 Å². The number of hydrogen-bond acceptors (Lipinski definition) is 7. The number of oxime groups is 1. The molecule has 0 radical (unpaired) electrons. The summed E-state index contributed by atoms with van der Waals surface area (Å²) in [7, 11) is 0. The van der Waals surface area contributed by atoms with Gasteiger partial charge in [-0.1, -0.05) is 44.2 Å². The number of rotatable bonds is 13. The Morgan fingerprint density at radius 1 is 1.09 bits per heavy atom. The van der Waals surface area contributed by atoms with Crippen LogP contribution in [0.1, 0.15) is 102 Å². The first-order valence-corrected chi connectivity index (χ1v) is 13.3. The molecule has 0 saturated heterocycles. The van der Waals surface area contributed by atoms with Crippen LogP contribution in [0.5, 0.6) is 6.01 Å². The normalized spacial score (nSPS) is 18.1. The topological polar surface area (TPSA) is 115 Å². The molecule has 0 bridgehead atoms. The SMILES string of the molecule is CCCCC(=O)CCC1CCC(=NOc2nc3oc(=O)cc(CCCCC4CC4)c3c(=O)[nH]2)CC1. The number of ketones is 1. The van der Waals surface area contributed by atoms with Crippen LogP contribution in [0.15, 0.2) is 25.2 Å². The molecule has 0 aliphatic heterocycles. The number of Topliss-reactive ketones (excluding diaryl/α,β-unsaturated/α-hetero) is 1. The quantitative estimate of drug-likeness (QED) is 0.299. The molecule has 0 unspecified atom stereocenters. The van der Waals surface area contributed by atoms with Gasteiger partial charge in [-0.25, -0.2) is 4.79 Å². The van der Waals surface area contributed by atoms with Gasteiger partial charge in [-0.2, -0.15) is 4.98 Å². The zero-order valence-electron chi connectivity index (χ0n) is 20.8. The van der Waals surface area contributed by atoms with Crippen LogP contribution in [0.2, 0.25) is 0 Å². The Hall–Kier alpha value is -2.77. The van der Waals surface area contributed by atoms with Gasteiger partial charge in [-0.05, 0) is 68.8 Å². The summed E-state index contributed by atoms with van der Waals surface area (Å²) in [6, 6.07) is 1.32. The van der Waals surface area contributed by atoms with Gasteiger partial charge in [0.05, 0.1) is 5.71 Å². The van der Waals surface area contributed by atoms with Crippen molar-refractivity contribution < 1.29 is 14.0 Å². The smallest absolute Gasteiger partial charge is 0.337 e. The third-order valence-corrected chi connectivity index (χ3v) is 7.26. The van der Waals surface area contributed by atoms with E-state index in [0.717, 1.165) is 69.4 Å². The number of aryl methyl sites for hydroxylation is 1. The number of carbonyl (C=O) groups excluding carboxylic acids is 1. The molecule has 2 aliphatic rings. The van der Waals surface area contributed by atoms with Crippen LogP contribution in [0.25, 0.3) is 11.1 Å². The van der Waals surface area contributed by atoms with E-state index < -0.39 is 5.63 Å². The lowest BCUT2D eigenvalue weighted by Gasteiger charge is -2.22. The molecule has 0 amide bonds. The average Bonchev–Trinajstić information content (AvgIpc) is 3.67. The minimum atomic E-state index is -0.517. The van der Waals surface area contributed by atoms with Crippen molar-refractivity contribution in [2.45, 2.75) is 103 Å². The first-order chi connectivity index (χ1) is 17.0. The second-order valence-corrected chi connectivity index (χ2v) is 10.2. The zero-order valence-corrected chi connectivity index (χ0v) is 20.8. The van der Waals surface area contributed by atoms with E-state index in [9.17, 15) is 14.4 Å². The highest BCUT2D eigenvalue weighted by Crippen LogP contribution is 2.34. The third kappa shape index (κ3) is 7.61. The van der Waals surface area contributed by atoms with Gasteiger partial charge in [0.2, 0.25) is 5.71 Å². The number of unbranched alkanes of at least 4 members (excludes halogenated alkanes) is 2. The maximum atomic E-state index is 12.8. The van der Waals surface area contributed by atoms with E-state index in [1.807, 2.05) is 0 Å². The van der Waals surface area contributed by atoms with Crippen LogP contribution in [0, 0.1) is 11.8 Å². The second-order valence-electron chi connectivity index (χ2n) is 10.2. The van der Waals surface area contributed by atoms with E-state index in [-0.39, 0.29) is 17.3 Å². The van der Waals surface area contributed by atoms with E-state index in [1.54, 1.807) is 0 Å². The molecule has 190 valence electrons. The number of carbonyl (C=O) groups is 1. The van der Waals surface area contributed by atoms with Crippen molar-refractivity contribution in [2.75, 3.05) is 0 Å². The van der Waals surface area contributed by atoms with E-state index in [1.165, 1.54) is 25.3 Å². The Balaban J connectivity index is 1.32. The third-order valence-electron chi connectivity index (χ3n) is 7.26. The molecule has 2 aliphatic carbocycles. The standard InChI is InChI=1S/C27H37N3O5/c1-2-3-8-22(31)16-13-19-11-14-21(15-12-19)30-35-27-28-25(33)24-20(7-5-4-6-18-9-10-18)17-23(32)34-26(24)29-27/h17-19H,2-16H2,1H3,(H,28,29,33). The molecule has 2 aromatic rings. The van der Waals surface area contributed by atoms with Gasteiger partial charge in [0.15, 0.2) is 0 Å². The molecule has 2 fully saturated rings. The minimum absolute atomic E-state index is 0.00917. The first kappa shape index (κ1) is 25.3. The van der Waals surface area contributed by atoms with Crippen LogP contribution in [0.4, 0.5) is 0 Å². The fourth-order valence-electron chi connectivity index (χ4n) is 4.89. The summed E-state index contributed by atoms with van der Waals surface area (Å²) in [6.45, 7) is 2.10. The lowest BCUT2D eigenvalue weighted by atomic mass is 9.84. The highest BCUT2D eigenvalue weighted by molar-refractivity contribution is 5.84. The van der Waals surface area contributed by atoms with Crippen molar-refractivity contribution in [2.24, 2.45) is 17.0 Å². The number of nitrogens with zero attached hydrogens (tertiary/aromatic N) is 2. The fourth-order valence-corrected chi connectivity index (χ4v) is 4.89. The average molecular weight is 484 g/mol. The number of aromatic amines is 1. The summed E-state index contributed by atoms with van der Waals surface area (Å²) >= 11 is 0. The maximum Gasteiger partial charge on any atom is 0.337 e. The molecule has 1 N–H and O–H groups in total. The Kier molecular flexibility index (Phi) is 8.88. The highest BCUT2D eigenvalue weighted by atomic mass is 16.6. The largest absolute Gasteiger partial charge is 0.403 e. The molecule has 2 heterocycles. The van der Waals surface area contributed by atoms with Gasteiger partial charge in [0.1, 0.15) is 11.2 Å². The van der Waals surface area contributed by atoms with Gasteiger partial charge >= 0.3 is 11.6 Å². The fraction of sp³-hybridized carbons (Fsp3) is 0.667. The van der Waals surface area contributed by atoms with Crippen molar-refractivity contribution in [1.82, 2.24) is 9.97 Å². The van der Waals surface area contributed by atoms with Crippen LogP contribution in [-0.2, 0) is 11.2 Å². The van der Waals surface area contributed by atoms with Crippen molar-refractivity contribution >= 4 is 22.6 Å². The van der Waals surface area contributed by atoms with E-state index in [2.05, 4.69) is 22.0 Å². The van der Waals surface area contributed by atoms with Gasteiger partial charge in [0, 0.05) is 18.9 Å². The molecule has 4 rings (SSSR count). The van der Waals surface area contributed by atoms with Gasteiger partial charge in [0.25, 0.3) is 5.56 Å². The van der Waals surface area contributed by atoms with Crippen LogP contribution in [-0.4, -0.2) is 21.5 Å². The minimum Gasteiger partial charge on any atom is -0.403 e. The van der Waals surface area contributed by atoms with Crippen LogP contribution in [0.3, 0.4) is 0 Å². The molecule has 0 atom stereocenters. The zero-order chi connectivity index (χ0) is 24.6. The van der Waals surface area contributed by atoms with Crippen LogP contribution >= 0.6 is 0 Å². The van der Waals surface area contributed by atoms with Crippen molar-refractivity contribution in [1.29, 1.82) is 0 Å². The number of fused-ring (bicyclic) bond motifs is 1. The Morgan fingerprint density at radius 2 is 1.86 bits per heavy atom. The Morgan fingerprint density at radius 3 is 2.60 bits per heavy atom. The van der Waals surface area contributed by atoms with E-state index in [4.69, 9.17) is 9.25 Å². The molecular formula is C27H37N3O5. The lowest BCUT2D eigenvalue weighted by Crippen LogP contribution is -2.17. The predicted molar refractivity (Wildman–Crippen MR) is 135 cm³/mol. The molecule has 0 aromatic carbocycles. The Bertz CT molecular complexity index is 1150. The van der Waals surface area contributed by atoms with E-state index >= 15 is 0 Å². The highest BCUT2D eigenvalue weighted by Gasteiger charge is 2.21. The molecule has 2 aromatic heterocycles. The molecule has 2 saturated carbocycles. The lowest BCUT2D eigenvalue weighted by molar-refractivity contribution is -0.119. The van der Waals surface area contributed by atoms with Gasteiger partial charge in [-0.3, -0.25) is 14.6 Å². The van der Waals surface area contributed by atoms with Crippen LogP contribution < -0.4 is 16.0 Å². The summed E-state index contributed by atoms with van der Waals surface area (Å²) in [5, 5.41) is 4.51. The summed E-state index contributed by atoms with van der Waals surface area (Å²) in [4.78, 5) is 49.0. The summed E-state index contributed by atoms with van der Waals surface area (Å²) in [6.07, 6.45) is 14.4. The second kappa shape index (κ2) is 12.3. The number of nitrogens with one attached hydrogen (secondary N) is 1. The Labute approximate surface area is 205 Å². The summed E-state index contributed by atoms with van der Waals surface area (Å²) in [5.74, 6) is 1.78. The summed E-state index contributed by atoms with van der Waals surface area (Å²) < 4.78 is 5.21. The monoisotopic (exact) mass is 483 g/mol. The maximum absolute atomic E-state index is 12.8. The molecule has 8 heteroatoms.